The molecule has 10 aromatic rings. The Hall–Kier alpha value is -6.38. The molecule has 224 valence electrons. The SMILES string of the molecule is c1ccc(-c2ccc(N(c3ccc4c(ccc5ccccc54)c3)c3c4ccc5ccccc5c4cc4c3oc3ccccc34)cc2)cc1. The molecule has 0 radical (unpaired) electrons. The fourth-order valence-corrected chi connectivity index (χ4v) is 7.51. The Kier molecular flexibility index (Phi) is 5.91. The van der Waals surface area contributed by atoms with Crippen molar-refractivity contribution < 1.29 is 4.42 Å². The minimum absolute atomic E-state index is 0.879. The van der Waals surface area contributed by atoms with Gasteiger partial charge in [-0.3, -0.25) is 0 Å². The monoisotopic (exact) mass is 611 g/mol. The Balaban J connectivity index is 1.31. The van der Waals surface area contributed by atoms with E-state index in [1.165, 1.54) is 48.8 Å². The number of rotatable bonds is 4. The van der Waals surface area contributed by atoms with Crippen LogP contribution in [0.4, 0.5) is 17.1 Å². The maximum absolute atomic E-state index is 6.82. The van der Waals surface area contributed by atoms with Crippen LogP contribution in [0.3, 0.4) is 0 Å². The lowest BCUT2D eigenvalue weighted by atomic mass is 9.96. The van der Waals surface area contributed by atoms with Crippen molar-refractivity contribution in [3.8, 4) is 11.1 Å². The molecule has 0 aliphatic rings. The summed E-state index contributed by atoms with van der Waals surface area (Å²) in [6.07, 6.45) is 0. The molecule has 10 rings (SSSR count). The molecule has 9 aromatic carbocycles. The Morgan fingerprint density at radius 3 is 1.69 bits per heavy atom. The van der Waals surface area contributed by atoms with Crippen LogP contribution in [0.15, 0.2) is 180 Å². The number of hydrogen-bond donors (Lipinski definition) is 0. The molecule has 0 fully saturated rings. The van der Waals surface area contributed by atoms with Gasteiger partial charge in [-0.1, -0.05) is 140 Å². The molecule has 2 heteroatoms. The lowest BCUT2D eigenvalue weighted by molar-refractivity contribution is 0.669. The van der Waals surface area contributed by atoms with Crippen LogP contribution in [0.1, 0.15) is 0 Å². The van der Waals surface area contributed by atoms with Gasteiger partial charge >= 0.3 is 0 Å². The molecular formula is C46H29NO. The normalized spacial score (nSPS) is 11.8. The third-order valence-electron chi connectivity index (χ3n) is 9.81. The smallest absolute Gasteiger partial charge is 0.160 e. The second-order valence-corrected chi connectivity index (χ2v) is 12.5. The van der Waals surface area contributed by atoms with Crippen molar-refractivity contribution >= 4 is 82.1 Å². The van der Waals surface area contributed by atoms with Gasteiger partial charge in [0.1, 0.15) is 5.58 Å². The lowest BCUT2D eigenvalue weighted by Crippen LogP contribution is -2.11. The van der Waals surface area contributed by atoms with Crippen molar-refractivity contribution in [1.82, 2.24) is 0 Å². The van der Waals surface area contributed by atoms with Crippen molar-refractivity contribution in [3.05, 3.63) is 176 Å². The first-order valence-corrected chi connectivity index (χ1v) is 16.4. The predicted molar refractivity (Wildman–Crippen MR) is 204 cm³/mol. The summed E-state index contributed by atoms with van der Waals surface area (Å²) in [6.45, 7) is 0. The average molecular weight is 612 g/mol. The van der Waals surface area contributed by atoms with E-state index in [1.54, 1.807) is 0 Å². The molecule has 48 heavy (non-hydrogen) atoms. The number of anilines is 3. The average Bonchev–Trinajstić information content (AvgIpc) is 3.53. The van der Waals surface area contributed by atoms with Gasteiger partial charge in [0.15, 0.2) is 5.58 Å². The molecule has 2 nitrogen and oxygen atoms in total. The highest BCUT2D eigenvalue weighted by Gasteiger charge is 2.24. The molecule has 1 heterocycles. The lowest BCUT2D eigenvalue weighted by Gasteiger charge is -2.28. The molecule has 0 amide bonds. The molecule has 0 aliphatic heterocycles. The summed E-state index contributed by atoms with van der Waals surface area (Å²) in [7, 11) is 0. The van der Waals surface area contributed by atoms with E-state index >= 15 is 0 Å². The maximum atomic E-state index is 6.82. The van der Waals surface area contributed by atoms with Crippen molar-refractivity contribution in [2.45, 2.75) is 0 Å². The van der Waals surface area contributed by atoms with Crippen LogP contribution in [0.25, 0.3) is 76.2 Å². The first-order chi connectivity index (χ1) is 23.8. The van der Waals surface area contributed by atoms with Gasteiger partial charge in [-0.15, -0.1) is 0 Å². The van der Waals surface area contributed by atoms with Gasteiger partial charge < -0.3 is 9.32 Å². The second-order valence-electron chi connectivity index (χ2n) is 12.5. The molecule has 0 bridgehead atoms. The van der Waals surface area contributed by atoms with Crippen molar-refractivity contribution in [3.63, 3.8) is 0 Å². The van der Waals surface area contributed by atoms with Crippen LogP contribution in [0, 0.1) is 0 Å². The summed E-state index contributed by atoms with van der Waals surface area (Å²) in [5.41, 5.74) is 7.33. The standard InChI is InChI=1S/C46H29NO/c1-2-10-30(11-3-1)31-20-23-35(24-21-31)47(36-25-27-39-34(28-36)19-18-32-12-4-6-14-37(32)39)45-41-26-22-33-13-5-7-15-38(33)42(41)29-43-40-16-8-9-17-44(40)48-46(43)45/h1-29H. The molecule has 0 unspecified atom stereocenters. The van der Waals surface area contributed by atoms with Crippen LogP contribution >= 0.6 is 0 Å². The van der Waals surface area contributed by atoms with E-state index in [0.29, 0.717) is 0 Å². The predicted octanol–water partition coefficient (Wildman–Crippen LogP) is 13.3. The molecular weight excluding hydrogens is 583 g/mol. The summed E-state index contributed by atoms with van der Waals surface area (Å²) >= 11 is 0. The molecule has 0 spiro atoms. The number of para-hydroxylation sites is 1. The number of furan rings is 1. The quantitative estimate of drug-likeness (QED) is 0.184. The highest BCUT2D eigenvalue weighted by Crippen LogP contribution is 2.48. The highest BCUT2D eigenvalue weighted by molar-refractivity contribution is 6.24. The second kappa shape index (κ2) is 10.6. The molecule has 1 aromatic heterocycles. The summed E-state index contributed by atoms with van der Waals surface area (Å²) in [5, 5.41) is 12.0. The zero-order valence-corrected chi connectivity index (χ0v) is 26.1. The van der Waals surface area contributed by atoms with Crippen LogP contribution in [0.2, 0.25) is 0 Å². The van der Waals surface area contributed by atoms with Crippen LogP contribution in [-0.4, -0.2) is 0 Å². The first kappa shape index (κ1) is 26.8. The number of hydrogen-bond acceptors (Lipinski definition) is 2. The van der Waals surface area contributed by atoms with Gasteiger partial charge in [-0.05, 0) is 85.2 Å². The largest absolute Gasteiger partial charge is 0.454 e. The third-order valence-corrected chi connectivity index (χ3v) is 9.81. The Bertz CT molecular complexity index is 2830. The van der Waals surface area contributed by atoms with Gasteiger partial charge in [-0.25, -0.2) is 0 Å². The fourth-order valence-electron chi connectivity index (χ4n) is 7.51. The van der Waals surface area contributed by atoms with Crippen molar-refractivity contribution in [1.29, 1.82) is 0 Å². The number of fused-ring (bicyclic) bond motifs is 9. The van der Waals surface area contributed by atoms with Crippen LogP contribution in [-0.2, 0) is 0 Å². The summed E-state index contributed by atoms with van der Waals surface area (Å²) in [4.78, 5) is 2.39. The number of benzene rings is 9. The molecule has 0 saturated heterocycles. The Morgan fingerprint density at radius 2 is 0.896 bits per heavy atom. The summed E-state index contributed by atoms with van der Waals surface area (Å²) in [6, 6.07) is 63.3. The van der Waals surface area contributed by atoms with Gasteiger partial charge in [0.2, 0.25) is 0 Å². The zero-order valence-electron chi connectivity index (χ0n) is 26.1. The molecule has 0 aliphatic carbocycles. The van der Waals surface area contributed by atoms with Crippen molar-refractivity contribution in [2.24, 2.45) is 0 Å². The Morgan fingerprint density at radius 1 is 0.333 bits per heavy atom. The van der Waals surface area contributed by atoms with E-state index in [-0.39, 0.29) is 0 Å². The van der Waals surface area contributed by atoms with Crippen molar-refractivity contribution in [2.75, 3.05) is 4.90 Å². The fraction of sp³-hybridized carbons (Fsp3) is 0. The highest BCUT2D eigenvalue weighted by atomic mass is 16.3. The van der Waals surface area contributed by atoms with E-state index in [4.69, 9.17) is 4.42 Å². The van der Waals surface area contributed by atoms with Gasteiger partial charge in [-0.2, -0.15) is 0 Å². The summed E-state index contributed by atoms with van der Waals surface area (Å²) in [5.74, 6) is 0. The molecule has 0 N–H and O–H groups in total. The summed E-state index contributed by atoms with van der Waals surface area (Å²) < 4.78 is 6.82. The van der Waals surface area contributed by atoms with Crippen LogP contribution < -0.4 is 4.90 Å². The van der Waals surface area contributed by atoms with Gasteiger partial charge in [0, 0.05) is 27.5 Å². The van der Waals surface area contributed by atoms with E-state index in [0.717, 1.165) is 44.4 Å². The molecule has 0 saturated carbocycles. The first-order valence-electron chi connectivity index (χ1n) is 16.4. The van der Waals surface area contributed by atoms with E-state index < -0.39 is 0 Å². The third kappa shape index (κ3) is 4.13. The number of nitrogens with zero attached hydrogens (tertiary/aromatic N) is 1. The Labute approximate surface area is 277 Å². The topological polar surface area (TPSA) is 16.4 Å². The minimum atomic E-state index is 0.879. The van der Waals surface area contributed by atoms with Gasteiger partial charge in [0.05, 0.1) is 5.69 Å². The van der Waals surface area contributed by atoms with Crippen LogP contribution in [0.5, 0.6) is 0 Å². The van der Waals surface area contributed by atoms with E-state index in [2.05, 4.69) is 175 Å². The van der Waals surface area contributed by atoms with E-state index in [1.807, 2.05) is 6.07 Å². The maximum Gasteiger partial charge on any atom is 0.160 e. The van der Waals surface area contributed by atoms with E-state index in [9.17, 15) is 0 Å². The minimum Gasteiger partial charge on any atom is -0.454 e. The molecule has 0 atom stereocenters. The zero-order chi connectivity index (χ0) is 31.6. The van der Waals surface area contributed by atoms with Gasteiger partial charge in [0.25, 0.3) is 0 Å².